The highest BCUT2D eigenvalue weighted by Gasteiger charge is 2.01. The molecule has 102 valence electrons. The van der Waals surface area contributed by atoms with Gasteiger partial charge in [-0.15, -0.1) is 0 Å². The summed E-state index contributed by atoms with van der Waals surface area (Å²) < 4.78 is 0. The van der Waals surface area contributed by atoms with Crippen molar-refractivity contribution in [3.8, 4) is 0 Å². The van der Waals surface area contributed by atoms with Crippen molar-refractivity contribution in [1.82, 2.24) is 4.98 Å². The molecule has 1 aromatic heterocycles. The van der Waals surface area contributed by atoms with E-state index in [-0.39, 0.29) is 0 Å². The molecular weight excluding hydrogens is 222 g/mol. The summed E-state index contributed by atoms with van der Waals surface area (Å²) in [7, 11) is 1.90. The molecule has 1 aromatic rings. The molecule has 1 heterocycles. The van der Waals surface area contributed by atoms with Crippen LogP contribution in [0.1, 0.15) is 46.2 Å². The second-order valence-corrected chi connectivity index (χ2v) is 4.87. The zero-order valence-electron chi connectivity index (χ0n) is 12.6. The molecule has 0 atom stereocenters. The molecule has 0 unspecified atom stereocenters. The number of nitrogens with one attached hydrogen (secondary N) is 1. The van der Waals surface area contributed by atoms with Gasteiger partial charge in [-0.2, -0.15) is 0 Å². The first-order valence-corrected chi connectivity index (χ1v) is 6.68. The van der Waals surface area contributed by atoms with Crippen molar-refractivity contribution >= 4 is 17.6 Å². The highest BCUT2D eigenvalue weighted by Crippen LogP contribution is 2.26. The van der Waals surface area contributed by atoms with Crippen molar-refractivity contribution in [3.05, 3.63) is 18.0 Å². The molecule has 0 aliphatic carbocycles. The highest BCUT2D eigenvalue weighted by molar-refractivity contribution is 5.73. The van der Waals surface area contributed by atoms with E-state index in [4.69, 9.17) is 0 Å². The molecule has 0 aromatic carbocycles. The molecule has 18 heavy (non-hydrogen) atoms. The maximum Gasteiger partial charge on any atom is 0.107 e. The van der Waals surface area contributed by atoms with Crippen LogP contribution in [0.25, 0.3) is 0 Å². The Labute approximate surface area is 112 Å². The minimum Gasteiger partial charge on any atom is -0.386 e. The summed E-state index contributed by atoms with van der Waals surface area (Å²) >= 11 is 0. The summed E-state index contributed by atoms with van der Waals surface area (Å²) in [6, 6.07) is 1.94. The maximum absolute atomic E-state index is 4.42. The van der Waals surface area contributed by atoms with Gasteiger partial charge < -0.3 is 5.32 Å². The number of hydrogen-bond acceptors (Lipinski definition) is 3. The monoisotopic (exact) mass is 249 g/mol. The smallest absolute Gasteiger partial charge is 0.107 e. The van der Waals surface area contributed by atoms with Crippen LogP contribution in [-0.4, -0.2) is 18.2 Å². The van der Waals surface area contributed by atoms with Gasteiger partial charge in [0.2, 0.25) is 0 Å². The Kier molecular flexibility index (Phi) is 8.89. The van der Waals surface area contributed by atoms with Crippen LogP contribution in [0.3, 0.4) is 0 Å². The summed E-state index contributed by atoms with van der Waals surface area (Å²) in [4.78, 5) is 8.63. The van der Waals surface area contributed by atoms with Crippen molar-refractivity contribution in [1.29, 1.82) is 0 Å². The fourth-order valence-electron chi connectivity index (χ4n) is 1.21. The van der Waals surface area contributed by atoms with E-state index < -0.39 is 0 Å². The average Bonchev–Trinajstić information content (AvgIpc) is 2.30. The number of unbranched alkanes of at least 4 members (excludes halogenated alkanes) is 1. The summed E-state index contributed by atoms with van der Waals surface area (Å²) in [5.41, 5.74) is 2.94. The molecule has 0 bridgehead atoms. The van der Waals surface area contributed by atoms with Gasteiger partial charge in [0.1, 0.15) is 5.69 Å². The van der Waals surface area contributed by atoms with Gasteiger partial charge in [-0.25, -0.2) is 0 Å². The number of aliphatic imine (C=N–C) groups is 1. The second kappa shape index (κ2) is 9.63. The van der Waals surface area contributed by atoms with E-state index in [1.54, 1.807) is 6.20 Å². The van der Waals surface area contributed by atoms with Crippen molar-refractivity contribution in [2.24, 2.45) is 10.9 Å². The van der Waals surface area contributed by atoms with Crippen LogP contribution in [0.5, 0.6) is 0 Å². The van der Waals surface area contributed by atoms with Gasteiger partial charge in [0.05, 0.1) is 11.4 Å². The Balaban J connectivity index is 0.000000631. The molecule has 0 spiro atoms. The molecule has 0 amide bonds. The summed E-state index contributed by atoms with van der Waals surface area (Å²) in [6.07, 6.45) is 5.88. The van der Waals surface area contributed by atoms with Gasteiger partial charge in [-0.3, -0.25) is 9.98 Å². The van der Waals surface area contributed by atoms with E-state index in [2.05, 4.69) is 43.0 Å². The van der Waals surface area contributed by atoms with Crippen LogP contribution in [0.15, 0.2) is 17.3 Å². The first kappa shape index (κ1) is 16.6. The Morgan fingerprint density at radius 3 is 2.50 bits per heavy atom. The van der Waals surface area contributed by atoms with E-state index in [1.807, 2.05) is 26.3 Å². The van der Waals surface area contributed by atoms with Crippen LogP contribution in [0.4, 0.5) is 11.4 Å². The minimum atomic E-state index is 0.833. The third-order valence-corrected chi connectivity index (χ3v) is 2.01. The van der Waals surface area contributed by atoms with Crippen molar-refractivity contribution in [3.63, 3.8) is 0 Å². The van der Waals surface area contributed by atoms with Crippen LogP contribution >= 0.6 is 0 Å². The predicted octanol–water partition coefficient (Wildman–Crippen LogP) is 4.60. The number of aromatic nitrogens is 1. The number of aryl methyl sites for hydroxylation is 1. The lowest BCUT2D eigenvalue weighted by molar-refractivity contribution is 0.737. The molecule has 3 heteroatoms. The lowest BCUT2D eigenvalue weighted by atomic mass is 10.2. The van der Waals surface area contributed by atoms with Gasteiger partial charge in [0, 0.05) is 19.5 Å². The highest BCUT2D eigenvalue weighted by atomic mass is 14.9. The van der Waals surface area contributed by atoms with Crippen molar-refractivity contribution < 1.29 is 0 Å². The van der Waals surface area contributed by atoms with Crippen LogP contribution in [-0.2, 0) is 0 Å². The average molecular weight is 249 g/mol. The predicted molar refractivity (Wildman–Crippen MR) is 82.1 cm³/mol. The zero-order chi connectivity index (χ0) is 14.0. The fourth-order valence-corrected chi connectivity index (χ4v) is 1.21. The second-order valence-electron chi connectivity index (χ2n) is 4.87. The topological polar surface area (TPSA) is 37.3 Å². The molecule has 0 fully saturated rings. The molecule has 1 N–H and O–H groups in total. The number of pyridine rings is 1. The van der Waals surface area contributed by atoms with E-state index in [9.17, 15) is 0 Å². The number of rotatable bonds is 4. The van der Waals surface area contributed by atoms with Crippen LogP contribution < -0.4 is 5.32 Å². The van der Waals surface area contributed by atoms with E-state index in [0.717, 1.165) is 35.8 Å². The molecule has 0 radical (unpaired) electrons. The molecule has 0 saturated carbocycles. The van der Waals surface area contributed by atoms with Gasteiger partial charge in [0.15, 0.2) is 0 Å². The Hall–Kier alpha value is -1.38. The Morgan fingerprint density at radius 2 is 2.00 bits per heavy atom. The molecule has 3 nitrogen and oxygen atoms in total. The zero-order valence-corrected chi connectivity index (χ0v) is 12.6. The SMILES string of the molecule is CC(C)C.CCCC=Nc1c(NC)ccnc1C. The van der Waals surface area contributed by atoms with E-state index in [0.29, 0.717) is 0 Å². The molecule has 1 rings (SSSR count). The lowest BCUT2D eigenvalue weighted by Gasteiger charge is -2.06. The summed E-state index contributed by atoms with van der Waals surface area (Å²) in [5.74, 6) is 0.833. The molecule has 0 aliphatic heterocycles. The first-order chi connectivity index (χ1) is 8.52. The Bertz CT molecular complexity index is 354. The lowest BCUT2D eigenvalue weighted by Crippen LogP contribution is -1.92. The quantitative estimate of drug-likeness (QED) is 0.792. The van der Waals surface area contributed by atoms with Gasteiger partial charge in [-0.1, -0.05) is 34.1 Å². The third kappa shape index (κ3) is 7.05. The number of nitrogens with zero attached hydrogens (tertiary/aromatic N) is 2. The van der Waals surface area contributed by atoms with E-state index in [1.165, 1.54) is 0 Å². The van der Waals surface area contributed by atoms with E-state index >= 15 is 0 Å². The maximum atomic E-state index is 4.42. The van der Waals surface area contributed by atoms with Crippen molar-refractivity contribution in [2.45, 2.75) is 47.5 Å². The van der Waals surface area contributed by atoms with Gasteiger partial charge in [0.25, 0.3) is 0 Å². The normalized spacial score (nSPS) is 10.4. The number of anilines is 1. The molecule has 0 saturated heterocycles. The van der Waals surface area contributed by atoms with Crippen LogP contribution in [0, 0.1) is 12.8 Å². The van der Waals surface area contributed by atoms with Crippen LogP contribution in [0.2, 0.25) is 0 Å². The minimum absolute atomic E-state index is 0.833. The summed E-state index contributed by atoms with van der Waals surface area (Å²) in [6.45, 7) is 10.6. The fraction of sp³-hybridized carbons (Fsp3) is 0.600. The standard InChI is InChI=1S/C11H17N3.C4H10/c1-4-5-7-14-11-9(2)13-8-6-10(11)12-3;1-4(2)3/h6-8H,4-5H2,1-3H3,(H,12,13);4H,1-3H3. The Morgan fingerprint density at radius 1 is 1.39 bits per heavy atom. The first-order valence-electron chi connectivity index (χ1n) is 6.68. The van der Waals surface area contributed by atoms with Gasteiger partial charge in [-0.05, 0) is 25.3 Å². The number of hydrogen-bond donors (Lipinski definition) is 1. The molecular formula is C15H27N3. The third-order valence-electron chi connectivity index (χ3n) is 2.01. The van der Waals surface area contributed by atoms with Gasteiger partial charge >= 0.3 is 0 Å². The van der Waals surface area contributed by atoms with Crippen molar-refractivity contribution in [2.75, 3.05) is 12.4 Å². The summed E-state index contributed by atoms with van der Waals surface area (Å²) in [5, 5.41) is 3.11. The molecule has 0 aliphatic rings. The largest absolute Gasteiger partial charge is 0.386 e.